The van der Waals surface area contributed by atoms with Gasteiger partial charge in [0.25, 0.3) is 5.91 Å². The van der Waals surface area contributed by atoms with Crippen molar-refractivity contribution in [3.05, 3.63) is 53.7 Å². The number of nitrogens with zero attached hydrogens (tertiary/aromatic N) is 1. The number of rotatable bonds is 9. The minimum Gasteiger partial charge on any atom is -0.496 e. The molecule has 7 nitrogen and oxygen atoms in total. The molecule has 1 aromatic heterocycles. The van der Waals surface area contributed by atoms with Gasteiger partial charge < -0.3 is 19.5 Å². The Morgan fingerprint density at radius 1 is 0.972 bits per heavy atom. The third-order valence-corrected chi connectivity index (χ3v) is 5.66. The number of fused-ring (bicyclic) bond motifs is 1. The van der Waals surface area contributed by atoms with Gasteiger partial charge in [-0.15, -0.1) is 0 Å². The van der Waals surface area contributed by atoms with Gasteiger partial charge in [0.2, 0.25) is 0 Å². The molecule has 2 aromatic carbocycles. The molecule has 0 bridgehead atoms. The maximum atomic E-state index is 12.7. The van der Waals surface area contributed by atoms with Crippen LogP contribution in [0.3, 0.4) is 0 Å². The van der Waals surface area contributed by atoms with Crippen LogP contribution in [-0.4, -0.2) is 43.2 Å². The Bertz CT molecular complexity index is 1220. The van der Waals surface area contributed by atoms with Crippen molar-refractivity contribution >= 4 is 22.6 Å². The van der Waals surface area contributed by atoms with E-state index >= 15 is 0 Å². The van der Waals surface area contributed by atoms with Gasteiger partial charge >= 0.3 is 5.97 Å². The highest BCUT2D eigenvalue weighted by molar-refractivity contribution is 5.99. The van der Waals surface area contributed by atoms with Crippen LogP contribution in [-0.2, 0) is 9.53 Å². The van der Waals surface area contributed by atoms with Crippen LogP contribution in [0, 0.1) is 0 Å². The zero-order valence-electron chi connectivity index (χ0n) is 22.2. The minimum absolute atomic E-state index is 0.191. The number of aromatic nitrogens is 1. The maximum Gasteiger partial charge on any atom is 0.306 e. The summed E-state index contributed by atoms with van der Waals surface area (Å²) in [5.74, 6) is 1.28. The van der Waals surface area contributed by atoms with Crippen LogP contribution in [0.4, 0.5) is 0 Å². The van der Waals surface area contributed by atoms with Crippen molar-refractivity contribution in [1.82, 2.24) is 10.3 Å². The van der Waals surface area contributed by atoms with Gasteiger partial charge in [0.05, 0.1) is 19.9 Å². The zero-order chi connectivity index (χ0) is 26.5. The molecule has 0 atom stereocenters. The maximum absolute atomic E-state index is 12.7. The first-order valence-electron chi connectivity index (χ1n) is 12.2. The van der Waals surface area contributed by atoms with E-state index in [1.165, 1.54) is 0 Å². The Kier molecular flexibility index (Phi) is 8.56. The molecule has 0 aliphatic heterocycles. The Morgan fingerprint density at radius 2 is 1.64 bits per heavy atom. The smallest absolute Gasteiger partial charge is 0.306 e. The van der Waals surface area contributed by atoms with Crippen molar-refractivity contribution in [2.24, 2.45) is 0 Å². The van der Waals surface area contributed by atoms with E-state index in [4.69, 9.17) is 14.2 Å². The van der Waals surface area contributed by atoms with Crippen LogP contribution in [0.2, 0.25) is 0 Å². The first-order chi connectivity index (χ1) is 17.0. The number of pyridine rings is 1. The predicted octanol–water partition coefficient (Wildman–Crippen LogP) is 5.89. The molecule has 0 unspecified atom stereocenters. The molecule has 192 valence electrons. The third-order valence-electron chi connectivity index (χ3n) is 5.66. The molecular weight excluding hydrogens is 456 g/mol. The number of benzene rings is 2. The fourth-order valence-electron chi connectivity index (χ4n) is 4.03. The molecule has 36 heavy (non-hydrogen) atoms. The Morgan fingerprint density at radius 3 is 2.22 bits per heavy atom. The number of nitrogens with one attached hydrogen (secondary N) is 1. The molecule has 0 radical (unpaired) electrons. The summed E-state index contributed by atoms with van der Waals surface area (Å²) >= 11 is 0. The number of carbonyl (C=O) groups excluding carboxylic acids is 2. The number of methoxy groups -OCH3 is 2. The average molecular weight is 493 g/mol. The second-order valence-electron chi connectivity index (χ2n) is 10.0. The summed E-state index contributed by atoms with van der Waals surface area (Å²) in [4.78, 5) is 29.2. The number of hydrogen-bond acceptors (Lipinski definition) is 6. The number of hydrogen-bond donors (Lipinski definition) is 1. The average Bonchev–Trinajstić information content (AvgIpc) is 2.83. The summed E-state index contributed by atoms with van der Waals surface area (Å²) in [5.41, 5.74) is 2.67. The van der Waals surface area contributed by atoms with Crippen LogP contribution in [0.15, 0.2) is 42.6 Å². The van der Waals surface area contributed by atoms with Gasteiger partial charge in [-0.25, -0.2) is 0 Å². The fourth-order valence-corrected chi connectivity index (χ4v) is 4.03. The summed E-state index contributed by atoms with van der Waals surface area (Å²) < 4.78 is 16.6. The summed E-state index contributed by atoms with van der Waals surface area (Å²) in [6.45, 7) is 10.1. The second kappa shape index (κ2) is 11.4. The van der Waals surface area contributed by atoms with Gasteiger partial charge in [-0.1, -0.05) is 19.9 Å². The van der Waals surface area contributed by atoms with Crippen molar-refractivity contribution in [1.29, 1.82) is 0 Å². The van der Waals surface area contributed by atoms with E-state index in [1.807, 2.05) is 51.1 Å². The van der Waals surface area contributed by atoms with Crippen LogP contribution < -0.4 is 14.8 Å². The van der Waals surface area contributed by atoms with E-state index in [-0.39, 0.29) is 24.2 Å². The quantitative estimate of drug-likeness (QED) is 0.296. The van der Waals surface area contributed by atoms with Gasteiger partial charge in [-0.05, 0) is 68.8 Å². The molecule has 0 aliphatic rings. The summed E-state index contributed by atoms with van der Waals surface area (Å²) in [6.07, 6.45) is 2.56. The lowest BCUT2D eigenvalue weighted by molar-refractivity contribution is -0.154. The van der Waals surface area contributed by atoms with Gasteiger partial charge in [0, 0.05) is 41.2 Å². The molecule has 0 fully saturated rings. The summed E-state index contributed by atoms with van der Waals surface area (Å²) in [5, 5.41) is 4.70. The monoisotopic (exact) mass is 492 g/mol. The molecule has 0 aliphatic carbocycles. The molecule has 1 amide bonds. The largest absolute Gasteiger partial charge is 0.496 e. The van der Waals surface area contributed by atoms with E-state index in [9.17, 15) is 9.59 Å². The van der Waals surface area contributed by atoms with Gasteiger partial charge in [-0.3, -0.25) is 14.6 Å². The molecule has 7 heteroatoms. The Balaban J connectivity index is 1.77. The highest BCUT2D eigenvalue weighted by Crippen LogP contribution is 2.39. The van der Waals surface area contributed by atoms with E-state index in [1.54, 1.807) is 26.5 Å². The molecule has 0 spiro atoms. The zero-order valence-corrected chi connectivity index (χ0v) is 22.2. The lowest BCUT2D eigenvalue weighted by Crippen LogP contribution is -2.27. The van der Waals surface area contributed by atoms with Gasteiger partial charge in [0.1, 0.15) is 17.1 Å². The normalized spacial score (nSPS) is 11.4. The van der Waals surface area contributed by atoms with E-state index < -0.39 is 5.60 Å². The molecule has 0 saturated heterocycles. The number of carbonyl (C=O) groups is 2. The van der Waals surface area contributed by atoms with Crippen molar-refractivity contribution in [3.63, 3.8) is 0 Å². The van der Waals surface area contributed by atoms with Crippen LogP contribution >= 0.6 is 0 Å². The summed E-state index contributed by atoms with van der Waals surface area (Å²) in [6, 6.07) is 11.4. The van der Waals surface area contributed by atoms with Crippen molar-refractivity contribution in [2.75, 3.05) is 20.8 Å². The Labute approximate surface area is 213 Å². The van der Waals surface area contributed by atoms with Crippen molar-refractivity contribution in [3.8, 4) is 22.8 Å². The molecule has 3 rings (SSSR count). The molecule has 1 heterocycles. The number of esters is 1. The van der Waals surface area contributed by atoms with E-state index in [2.05, 4.69) is 24.1 Å². The fraction of sp³-hybridized carbons (Fsp3) is 0.414. The topological polar surface area (TPSA) is 86.8 Å². The van der Waals surface area contributed by atoms with E-state index in [0.717, 1.165) is 39.1 Å². The SMILES string of the molecule is COc1cc(-c2cc3cc(C(=O)NCCCC(=O)OC(C)(C)C)ccc3cn2)cc(OC)c1C(C)C. The highest BCUT2D eigenvalue weighted by atomic mass is 16.6. The lowest BCUT2D eigenvalue weighted by atomic mass is 9.97. The first kappa shape index (κ1) is 27.0. The third kappa shape index (κ3) is 6.74. The van der Waals surface area contributed by atoms with Crippen molar-refractivity contribution < 1.29 is 23.8 Å². The number of ether oxygens (including phenoxy) is 3. The molecular formula is C29H36N2O5. The predicted molar refractivity (Wildman–Crippen MR) is 142 cm³/mol. The van der Waals surface area contributed by atoms with Gasteiger partial charge in [0.15, 0.2) is 0 Å². The highest BCUT2D eigenvalue weighted by Gasteiger charge is 2.18. The second-order valence-corrected chi connectivity index (χ2v) is 10.0. The molecule has 0 saturated carbocycles. The lowest BCUT2D eigenvalue weighted by Gasteiger charge is -2.19. The van der Waals surface area contributed by atoms with Crippen LogP contribution in [0.5, 0.6) is 11.5 Å². The van der Waals surface area contributed by atoms with Crippen LogP contribution in [0.25, 0.3) is 22.0 Å². The van der Waals surface area contributed by atoms with Gasteiger partial charge in [-0.2, -0.15) is 0 Å². The minimum atomic E-state index is -0.508. The number of amides is 1. The standard InChI is InChI=1S/C29H36N2O5/c1-18(2)27-24(34-6)15-22(16-25(27)35-7)23-14-21-13-19(10-11-20(21)17-31-23)28(33)30-12-8-9-26(32)36-29(3,4)5/h10-11,13-18H,8-9,12H2,1-7H3,(H,30,33). The molecule has 3 aromatic rings. The summed E-state index contributed by atoms with van der Waals surface area (Å²) in [7, 11) is 3.30. The van der Waals surface area contributed by atoms with Crippen molar-refractivity contribution in [2.45, 2.75) is 59.0 Å². The first-order valence-corrected chi connectivity index (χ1v) is 12.2. The van der Waals surface area contributed by atoms with E-state index in [0.29, 0.717) is 18.5 Å². The molecule has 1 N–H and O–H groups in total. The Hall–Kier alpha value is -3.61. The van der Waals surface area contributed by atoms with Crippen LogP contribution in [0.1, 0.15) is 69.3 Å².